The van der Waals surface area contributed by atoms with E-state index in [1.54, 1.807) is 10.9 Å². The molecule has 7 heteroatoms. The van der Waals surface area contributed by atoms with Gasteiger partial charge in [0.1, 0.15) is 12.5 Å². The van der Waals surface area contributed by atoms with E-state index in [-0.39, 0.29) is 5.69 Å². The van der Waals surface area contributed by atoms with Crippen LogP contribution in [0.4, 0.5) is 5.69 Å². The molecule has 0 aliphatic rings. The van der Waals surface area contributed by atoms with Crippen molar-refractivity contribution in [3.8, 4) is 11.6 Å². The summed E-state index contributed by atoms with van der Waals surface area (Å²) < 4.78 is 6.87. The molecule has 0 bridgehead atoms. The number of imidazole rings is 1. The summed E-state index contributed by atoms with van der Waals surface area (Å²) in [7, 11) is 1.45. The Morgan fingerprint density at radius 1 is 1.39 bits per heavy atom. The molecule has 0 unspecified atom stereocenters. The largest absolute Gasteiger partial charge is 0.493 e. The molecule has 2 aromatic rings. The van der Waals surface area contributed by atoms with Gasteiger partial charge in [-0.2, -0.15) is 0 Å². The second-order valence-electron chi connectivity index (χ2n) is 3.76. The fourth-order valence-corrected chi connectivity index (χ4v) is 1.57. The number of aryl methyl sites for hydroxylation is 1. The third-order valence-corrected chi connectivity index (χ3v) is 2.73. The van der Waals surface area contributed by atoms with Crippen LogP contribution in [0.3, 0.4) is 0 Å². The normalized spacial score (nSPS) is 10.4. The van der Waals surface area contributed by atoms with Crippen molar-refractivity contribution in [2.24, 2.45) is 0 Å². The minimum Gasteiger partial charge on any atom is -0.493 e. The SMILES string of the molecule is COc1cc([N+](=O)[O-])cnc1-n1cnc(C)c1C. The Bertz CT molecular complexity index is 606. The summed E-state index contributed by atoms with van der Waals surface area (Å²) in [4.78, 5) is 18.4. The fraction of sp³-hybridized carbons (Fsp3) is 0.273. The molecule has 0 spiro atoms. The lowest BCUT2D eigenvalue weighted by molar-refractivity contribution is -0.385. The van der Waals surface area contributed by atoms with Crippen LogP contribution in [0, 0.1) is 24.0 Å². The van der Waals surface area contributed by atoms with Gasteiger partial charge in [-0.25, -0.2) is 9.97 Å². The molecule has 0 N–H and O–H groups in total. The second-order valence-corrected chi connectivity index (χ2v) is 3.76. The highest BCUT2D eigenvalue weighted by molar-refractivity contribution is 5.48. The number of ether oxygens (including phenoxy) is 1. The molecule has 2 aromatic heterocycles. The smallest absolute Gasteiger partial charge is 0.291 e. The lowest BCUT2D eigenvalue weighted by Crippen LogP contribution is -2.03. The van der Waals surface area contributed by atoms with Crippen molar-refractivity contribution >= 4 is 5.69 Å². The highest BCUT2D eigenvalue weighted by Gasteiger charge is 2.16. The molecule has 0 aliphatic heterocycles. The van der Waals surface area contributed by atoms with Crippen molar-refractivity contribution in [2.75, 3.05) is 7.11 Å². The monoisotopic (exact) mass is 248 g/mol. The Balaban J connectivity index is 2.58. The van der Waals surface area contributed by atoms with Gasteiger partial charge in [0.25, 0.3) is 5.69 Å². The van der Waals surface area contributed by atoms with Gasteiger partial charge in [-0.3, -0.25) is 14.7 Å². The Labute approximate surface area is 103 Å². The third kappa shape index (κ3) is 1.90. The van der Waals surface area contributed by atoms with Crippen molar-refractivity contribution in [1.29, 1.82) is 0 Å². The molecular weight excluding hydrogens is 236 g/mol. The Morgan fingerprint density at radius 2 is 2.11 bits per heavy atom. The van der Waals surface area contributed by atoms with Crippen LogP contribution in [0.15, 0.2) is 18.6 Å². The molecule has 2 heterocycles. The van der Waals surface area contributed by atoms with Crippen LogP contribution in [0.25, 0.3) is 5.82 Å². The van der Waals surface area contributed by atoms with Gasteiger partial charge in [-0.1, -0.05) is 0 Å². The number of nitrogens with zero attached hydrogens (tertiary/aromatic N) is 4. The molecule has 94 valence electrons. The molecule has 0 saturated carbocycles. The van der Waals surface area contributed by atoms with Crippen LogP contribution < -0.4 is 4.74 Å². The van der Waals surface area contributed by atoms with Crippen molar-refractivity contribution < 1.29 is 9.66 Å². The van der Waals surface area contributed by atoms with Gasteiger partial charge in [-0.15, -0.1) is 0 Å². The van der Waals surface area contributed by atoms with Crippen molar-refractivity contribution in [3.63, 3.8) is 0 Å². The van der Waals surface area contributed by atoms with Gasteiger partial charge in [0.05, 0.1) is 23.8 Å². The molecule has 0 atom stereocenters. The van der Waals surface area contributed by atoms with Gasteiger partial charge < -0.3 is 4.74 Å². The number of methoxy groups -OCH3 is 1. The summed E-state index contributed by atoms with van der Waals surface area (Å²) >= 11 is 0. The Kier molecular flexibility index (Phi) is 2.97. The fourth-order valence-electron chi connectivity index (χ4n) is 1.57. The predicted octanol–water partition coefficient (Wildman–Crippen LogP) is 1.80. The highest BCUT2D eigenvalue weighted by atomic mass is 16.6. The van der Waals surface area contributed by atoms with Crippen LogP contribution in [-0.2, 0) is 0 Å². The van der Waals surface area contributed by atoms with E-state index in [4.69, 9.17) is 4.74 Å². The predicted molar refractivity (Wildman–Crippen MR) is 64.0 cm³/mol. The van der Waals surface area contributed by atoms with E-state index >= 15 is 0 Å². The van der Waals surface area contributed by atoms with Gasteiger partial charge in [0, 0.05) is 5.69 Å². The second kappa shape index (κ2) is 4.44. The zero-order valence-corrected chi connectivity index (χ0v) is 10.2. The molecule has 0 amide bonds. The van der Waals surface area contributed by atoms with E-state index in [0.29, 0.717) is 11.6 Å². The molecule has 18 heavy (non-hydrogen) atoms. The average Bonchev–Trinajstić information content (AvgIpc) is 2.69. The lowest BCUT2D eigenvalue weighted by Gasteiger charge is -2.09. The van der Waals surface area contributed by atoms with Crippen molar-refractivity contribution in [2.45, 2.75) is 13.8 Å². The van der Waals surface area contributed by atoms with Crippen LogP contribution in [0.1, 0.15) is 11.4 Å². The molecule has 0 radical (unpaired) electrons. The van der Waals surface area contributed by atoms with Crippen LogP contribution in [0.2, 0.25) is 0 Å². The van der Waals surface area contributed by atoms with Crippen LogP contribution >= 0.6 is 0 Å². The minimum absolute atomic E-state index is 0.106. The summed E-state index contributed by atoms with van der Waals surface area (Å²) in [6, 6.07) is 1.34. The van der Waals surface area contributed by atoms with E-state index in [2.05, 4.69) is 9.97 Å². The van der Waals surface area contributed by atoms with Crippen molar-refractivity contribution in [1.82, 2.24) is 14.5 Å². The highest BCUT2D eigenvalue weighted by Crippen LogP contribution is 2.26. The maximum Gasteiger partial charge on any atom is 0.291 e. The van der Waals surface area contributed by atoms with E-state index < -0.39 is 4.92 Å². The number of rotatable bonds is 3. The molecule has 2 rings (SSSR count). The van der Waals surface area contributed by atoms with E-state index in [9.17, 15) is 10.1 Å². The molecule has 0 fully saturated rings. The molecular formula is C11H12N4O3. The number of hydrogen-bond donors (Lipinski definition) is 0. The van der Waals surface area contributed by atoms with Crippen molar-refractivity contribution in [3.05, 3.63) is 40.1 Å². The summed E-state index contributed by atoms with van der Waals surface area (Å²) in [5, 5.41) is 10.7. The first-order valence-corrected chi connectivity index (χ1v) is 5.24. The van der Waals surface area contributed by atoms with E-state index in [1.807, 2.05) is 13.8 Å². The molecule has 0 aromatic carbocycles. The topological polar surface area (TPSA) is 83.1 Å². The summed E-state index contributed by atoms with van der Waals surface area (Å²) in [6.07, 6.45) is 2.81. The lowest BCUT2D eigenvalue weighted by atomic mass is 10.3. The van der Waals surface area contributed by atoms with Gasteiger partial charge in [0.15, 0.2) is 11.6 Å². The quantitative estimate of drug-likeness (QED) is 0.611. The van der Waals surface area contributed by atoms with E-state index in [0.717, 1.165) is 11.4 Å². The Morgan fingerprint density at radius 3 is 2.61 bits per heavy atom. The summed E-state index contributed by atoms with van der Waals surface area (Å²) in [5.74, 6) is 0.825. The number of pyridine rings is 1. The first-order chi connectivity index (χ1) is 8.54. The third-order valence-electron chi connectivity index (χ3n) is 2.73. The van der Waals surface area contributed by atoms with Gasteiger partial charge >= 0.3 is 0 Å². The van der Waals surface area contributed by atoms with Gasteiger partial charge in [-0.05, 0) is 13.8 Å². The zero-order valence-electron chi connectivity index (χ0n) is 10.2. The van der Waals surface area contributed by atoms with Crippen LogP contribution in [-0.4, -0.2) is 26.6 Å². The standard InChI is InChI=1S/C11H12N4O3/c1-7-8(2)14(6-13-7)11-10(18-3)4-9(5-12-11)15(16)17/h4-6H,1-3H3. The molecule has 0 saturated heterocycles. The van der Waals surface area contributed by atoms with Gasteiger partial charge in [0.2, 0.25) is 0 Å². The number of aromatic nitrogens is 3. The zero-order chi connectivity index (χ0) is 13.3. The summed E-state index contributed by atoms with van der Waals surface area (Å²) in [6.45, 7) is 3.77. The Hall–Kier alpha value is -2.44. The average molecular weight is 248 g/mol. The molecule has 7 nitrogen and oxygen atoms in total. The molecule has 0 aliphatic carbocycles. The summed E-state index contributed by atoms with van der Waals surface area (Å²) in [5.41, 5.74) is 1.68. The number of nitro groups is 1. The first kappa shape index (κ1) is 12.0. The minimum atomic E-state index is -0.509. The first-order valence-electron chi connectivity index (χ1n) is 5.24. The number of hydrogen-bond acceptors (Lipinski definition) is 5. The maximum absolute atomic E-state index is 10.7. The van der Waals surface area contributed by atoms with Crippen LogP contribution in [0.5, 0.6) is 5.75 Å². The maximum atomic E-state index is 10.7. The van der Waals surface area contributed by atoms with E-state index in [1.165, 1.54) is 19.4 Å².